The van der Waals surface area contributed by atoms with Crippen molar-refractivity contribution in [2.75, 3.05) is 39.4 Å². The van der Waals surface area contributed by atoms with Crippen LogP contribution in [0, 0.1) is 5.92 Å². The first-order valence-corrected chi connectivity index (χ1v) is 16.1. The van der Waals surface area contributed by atoms with E-state index in [9.17, 15) is 14.4 Å². The van der Waals surface area contributed by atoms with Crippen LogP contribution in [0.3, 0.4) is 0 Å². The van der Waals surface area contributed by atoms with Crippen LogP contribution < -0.4 is 20.7 Å². The molecule has 0 aromatic heterocycles. The van der Waals surface area contributed by atoms with Crippen molar-refractivity contribution in [2.45, 2.75) is 102 Å². The van der Waals surface area contributed by atoms with E-state index in [1.54, 1.807) is 4.90 Å². The fourth-order valence-corrected chi connectivity index (χ4v) is 7.32. The van der Waals surface area contributed by atoms with Crippen LogP contribution in [0.4, 0.5) is 0 Å². The molecule has 42 heavy (non-hydrogen) atoms. The maximum absolute atomic E-state index is 14.6. The number of hydrogen-bond acceptors (Lipinski definition) is 7. The van der Waals surface area contributed by atoms with E-state index in [0.29, 0.717) is 39.3 Å². The van der Waals surface area contributed by atoms with Crippen LogP contribution in [0.25, 0.3) is 0 Å². The monoisotopic (exact) mass is 583 g/mol. The molecule has 0 radical (unpaired) electrons. The Bertz CT molecular complexity index is 1090. The number of rotatable bonds is 10. The maximum Gasteiger partial charge on any atom is 0.246 e. The van der Waals surface area contributed by atoms with Gasteiger partial charge in [0.05, 0.1) is 24.8 Å². The summed E-state index contributed by atoms with van der Waals surface area (Å²) in [4.78, 5) is 46.0. The van der Waals surface area contributed by atoms with Crippen LogP contribution >= 0.6 is 0 Å². The van der Waals surface area contributed by atoms with Crippen molar-refractivity contribution in [1.82, 2.24) is 25.8 Å². The van der Waals surface area contributed by atoms with Gasteiger partial charge in [-0.1, -0.05) is 44.4 Å². The Morgan fingerprint density at radius 3 is 2.60 bits per heavy atom. The molecule has 6 atom stereocenters. The number of nitrogens with zero attached hydrogens (tertiary/aromatic N) is 2. The number of carbonyl (C=O) groups excluding carboxylic acids is 3. The van der Waals surface area contributed by atoms with Gasteiger partial charge >= 0.3 is 0 Å². The quantitative estimate of drug-likeness (QED) is 0.388. The highest BCUT2D eigenvalue weighted by Crippen LogP contribution is 2.34. The zero-order chi connectivity index (χ0) is 29.6. The van der Waals surface area contributed by atoms with E-state index in [0.717, 1.165) is 56.4 Å². The number of hydrogen-bond donors (Lipinski definition) is 3. The lowest BCUT2D eigenvalue weighted by atomic mass is 9.82. The molecule has 1 aromatic carbocycles. The molecule has 4 aliphatic rings. The molecule has 1 aromatic rings. The lowest BCUT2D eigenvalue weighted by molar-refractivity contribution is -0.149. The van der Waals surface area contributed by atoms with Crippen molar-refractivity contribution in [3.8, 4) is 5.75 Å². The third kappa shape index (κ3) is 6.92. The van der Waals surface area contributed by atoms with Gasteiger partial charge in [-0.2, -0.15) is 0 Å². The van der Waals surface area contributed by atoms with E-state index in [1.165, 1.54) is 0 Å². The second-order valence-corrected chi connectivity index (χ2v) is 12.3. The van der Waals surface area contributed by atoms with Gasteiger partial charge in [-0.3, -0.25) is 19.3 Å². The number of likely N-dealkylation sites (N-methyl/N-ethyl adjacent to an activating group) is 1. The van der Waals surface area contributed by atoms with Crippen molar-refractivity contribution >= 4 is 17.7 Å². The predicted molar refractivity (Wildman–Crippen MR) is 160 cm³/mol. The Kier molecular flexibility index (Phi) is 10.4. The molecular formula is C32H49N5O5. The molecule has 232 valence electrons. The number of nitrogens with one attached hydrogen (secondary N) is 3. The van der Waals surface area contributed by atoms with Crippen molar-refractivity contribution in [1.29, 1.82) is 0 Å². The van der Waals surface area contributed by atoms with Gasteiger partial charge in [-0.15, -0.1) is 0 Å². The molecule has 10 heteroatoms. The van der Waals surface area contributed by atoms with Gasteiger partial charge in [0.2, 0.25) is 17.7 Å². The van der Waals surface area contributed by atoms with E-state index in [-0.39, 0.29) is 41.8 Å². The van der Waals surface area contributed by atoms with Gasteiger partial charge in [-0.25, -0.2) is 0 Å². The first kappa shape index (κ1) is 30.8. The summed E-state index contributed by atoms with van der Waals surface area (Å²) < 4.78 is 11.8. The van der Waals surface area contributed by atoms with E-state index in [2.05, 4.69) is 20.9 Å². The molecule has 3 N–H and O–H groups in total. The minimum Gasteiger partial charge on any atom is -0.493 e. The number of piperazine rings is 1. The maximum atomic E-state index is 14.6. The summed E-state index contributed by atoms with van der Waals surface area (Å²) in [6.07, 6.45) is 6.64. The van der Waals surface area contributed by atoms with E-state index < -0.39 is 18.1 Å². The SMILES string of the molecule is CCNC(C)C(=O)NC(C(=O)N1CC2CC(OCC)CN2CC1C(=O)NC1CCOc2ccccc21)C1CCCCC1. The third-order valence-corrected chi connectivity index (χ3v) is 9.53. The molecule has 3 aliphatic heterocycles. The second-order valence-electron chi connectivity index (χ2n) is 12.3. The van der Waals surface area contributed by atoms with Gasteiger partial charge < -0.3 is 30.3 Å². The normalized spacial score (nSPS) is 27.7. The topological polar surface area (TPSA) is 112 Å². The summed E-state index contributed by atoms with van der Waals surface area (Å²) in [5.41, 5.74) is 0.964. The summed E-state index contributed by atoms with van der Waals surface area (Å²) in [7, 11) is 0. The second kappa shape index (κ2) is 14.2. The zero-order valence-corrected chi connectivity index (χ0v) is 25.5. The molecule has 10 nitrogen and oxygen atoms in total. The number of benzene rings is 1. The fraction of sp³-hybridized carbons (Fsp3) is 0.719. The number of para-hydroxylation sites is 1. The lowest BCUT2D eigenvalue weighted by Gasteiger charge is -2.45. The predicted octanol–water partition coefficient (Wildman–Crippen LogP) is 2.38. The van der Waals surface area contributed by atoms with Crippen LogP contribution in [0.5, 0.6) is 5.75 Å². The molecule has 5 rings (SSSR count). The van der Waals surface area contributed by atoms with E-state index >= 15 is 0 Å². The van der Waals surface area contributed by atoms with E-state index in [4.69, 9.17) is 9.47 Å². The minimum absolute atomic E-state index is 0.0629. The average Bonchev–Trinajstić information content (AvgIpc) is 3.41. The number of ether oxygens (including phenoxy) is 2. The van der Waals surface area contributed by atoms with Gasteiger partial charge in [0.25, 0.3) is 0 Å². The van der Waals surface area contributed by atoms with Crippen LogP contribution in [-0.2, 0) is 19.1 Å². The standard InChI is InChI=1S/C32H49N5O5/c1-4-33-21(3)30(38)35-29(22-11-7-6-8-12-22)32(40)37-18-23-17-24(41-5-2)19-36(23)20-27(37)31(39)34-26-15-16-42-28-14-10-9-13-25(26)28/h9-10,13-14,21-24,26-27,29,33H,4-8,11-12,15-20H2,1-3H3,(H,34,39)(H,35,38). The van der Waals surface area contributed by atoms with Crippen molar-refractivity contribution in [2.24, 2.45) is 5.92 Å². The molecule has 0 spiro atoms. The lowest BCUT2D eigenvalue weighted by Crippen LogP contribution is -2.66. The molecule has 0 bridgehead atoms. The van der Waals surface area contributed by atoms with Crippen LogP contribution in [0.15, 0.2) is 24.3 Å². The highest BCUT2D eigenvalue weighted by molar-refractivity contribution is 5.93. The molecular weight excluding hydrogens is 534 g/mol. The third-order valence-electron chi connectivity index (χ3n) is 9.53. The molecule has 1 saturated carbocycles. The minimum atomic E-state index is -0.654. The Hall–Kier alpha value is -2.69. The Labute approximate surface area is 250 Å². The van der Waals surface area contributed by atoms with Crippen molar-refractivity contribution in [3.05, 3.63) is 29.8 Å². The summed E-state index contributed by atoms with van der Waals surface area (Å²) in [6, 6.07) is 6.06. The molecule has 3 fully saturated rings. The molecule has 1 aliphatic carbocycles. The Morgan fingerprint density at radius 1 is 1.05 bits per heavy atom. The van der Waals surface area contributed by atoms with Crippen LogP contribution in [0.1, 0.15) is 77.3 Å². The first-order valence-electron chi connectivity index (χ1n) is 16.1. The number of carbonyl (C=O) groups is 3. The highest BCUT2D eigenvalue weighted by atomic mass is 16.5. The molecule has 6 unspecified atom stereocenters. The van der Waals surface area contributed by atoms with Crippen molar-refractivity contribution in [3.63, 3.8) is 0 Å². The summed E-state index contributed by atoms with van der Waals surface area (Å²) in [5, 5.41) is 9.57. The largest absolute Gasteiger partial charge is 0.493 e. The van der Waals surface area contributed by atoms with Gasteiger partial charge in [0.1, 0.15) is 17.8 Å². The number of fused-ring (bicyclic) bond motifs is 2. The van der Waals surface area contributed by atoms with Gasteiger partial charge in [-0.05, 0) is 51.6 Å². The summed E-state index contributed by atoms with van der Waals surface area (Å²) in [5.74, 6) is 0.396. The number of amides is 3. The first-order chi connectivity index (χ1) is 20.4. The summed E-state index contributed by atoms with van der Waals surface area (Å²) in [6.45, 7) is 9.29. The molecule has 3 amide bonds. The smallest absolute Gasteiger partial charge is 0.246 e. The zero-order valence-electron chi connectivity index (χ0n) is 25.5. The average molecular weight is 584 g/mol. The summed E-state index contributed by atoms with van der Waals surface area (Å²) >= 11 is 0. The Morgan fingerprint density at radius 2 is 1.83 bits per heavy atom. The van der Waals surface area contributed by atoms with Crippen LogP contribution in [-0.4, -0.2) is 97.2 Å². The molecule has 2 saturated heterocycles. The Balaban J connectivity index is 1.40. The van der Waals surface area contributed by atoms with E-state index in [1.807, 2.05) is 45.0 Å². The van der Waals surface area contributed by atoms with Crippen LogP contribution in [0.2, 0.25) is 0 Å². The van der Waals surface area contributed by atoms with Crippen molar-refractivity contribution < 1.29 is 23.9 Å². The highest BCUT2D eigenvalue weighted by Gasteiger charge is 2.47. The fourth-order valence-electron chi connectivity index (χ4n) is 7.32. The van der Waals surface area contributed by atoms with Gasteiger partial charge in [0, 0.05) is 44.3 Å². The molecule has 3 heterocycles. The van der Waals surface area contributed by atoms with Gasteiger partial charge in [0.15, 0.2) is 0 Å².